The molecule has 7 nitrogen and oxygen atoms in total. The van der Waals surface area contributed by atoms with Gasteiger partial charge in [-0.2, -0.15) is 0 Å². The van der Waals surface area contributed by atoms with E-state index in [1.54, 1.807) is 35.1 Å². The second kappa shape index (κ2) is 15.6. The minimum atomic E-state index is -0.859. The van der Waals surface area contributed by atoms with Gasteiger partial charge in [-0.3, -0.25) is 18.2 Å². The molecular weight excluding hydrogens is 580 g/mol. The molecule has 43 heavy (non-hydrogen) atoms. The van der Waals surface area contributed by atoms with Crippen molar-refractivity contribution < 1.29 is 9.00 Å². The summed E-state index contributed by atoms with van der Waals surface area (Å²) in [7, 11) is 1.08. The summed E-state index contributed by atoms with van der Waals surface area (Å²) in [6, 6.07) is 24.3. The summed E-state index contributed by atoms with van der Waals surface area (Å²) in [6.45, 7) is 3.89. The first-order valence-corrected chi connectivity index (χ1v) is 16.3. The van der Waals surface area contributed by atoms with Crippen LogP contribution >= 0.6 is 11.6 Å². The Labute approximate surface area is 260 Å². The number of aryl methyl sites for hydroxylation is 1. The molecule has 0 aliphatic rings. The van der Waals surface area contributed by atoms with E-state index in [1.807, 2.05) is 67.7 Å². The Balaban J connectivity index is 0.000000273. The number of nitrogens with one attached hydrogen (secondary N) is 1. The fourth-order valence-electron chi connectivity index (χ4n) is 4.68. The van der Waals surface area contributed by atoms with Gasteiger partial charge < -0.3 is 9.88 Å². The summed E-state index contributed by atoms with van der Waals surface area (Å²) >= 11 is 6.01. The Morgan fingerprint density at radius 3 is 2.23 bits per heavy atom. The van der Waals surface area contributed by atoms with Crippen molar-refractivity contribution in [1.82, 2.24) is 19.3 Å². The number of unbranched alkanes of at least 4 members (excludes halogenated alkanes) is 2. The van der Waals surface area contributed by atoms with Crippen LogP contribution in [0.5, 0.6) is 0 Å². The van der Waals surface area contributed by atoms with Gasteiger partial charge in [0.05, 0.1) is 11.4 Å². The minimum Gasteiger partial charge on any atom is -0.319 e. The number of halogens is 1. The van der Waals surface area contributed by atoms with Crippen LogP contribution in [0.2, 0.25) is 5.02 Å². The van der Waals surface area contributed by atoms with Gasteiger partial charge in [-0.15, -0.1) is 0 Å². The number of fused-ring (bicyclic) bond motifs is 1. The van der Waals surface area contributed by atoms with Crippen LogP contribution < -0.4 is 10.9 Å². The van der Waals surface area contributed by atoms with Crippen molar-refractivity contribution >= 4 is 34.5 Å². The predicted molar refractivity (Wildman–Crippen MR) is 177 cm³/mol. The van der Waals surface area contributed by atoms with Crippen molar-refractivity contribution in [3.63, 3.8) is 0 Å². The predicted octanol–water partition coefficient (Wildman–Crippen LogP) is 6.67. The fourth-order valence-corrected chi connectivity index (χ4v) is 5.33. The van der Waals surface area contributed by atoms with Crippen LogP contribution in [0.3, 0.4) is 0 Å². The normalized spacial score (nSPS) is 11.6. The van der Waals surface area contributed by atoms with Crippen molar-refractivity contribution in [3.8, 4) is 22.5 Å². The van der Waals surface area contributed by atoms with Crippen molar-refractivity contribution in [1.29, 1.82) is 0 Å². The summed E-state index contributed by atoms with van der Waals surface area (Å²) in [4.78, 5) is 29.6. The molecule has 1 unspecified atom stereocenters. The molecule has 0 spiro atoms. The zero-order valence-electron chi connectivity index (χ0n) is 24.8. The second-order valence-electron chi connectivity index (χ2n) is 10.2. The highest BCUT2D eigenvalue weighted by Gasteiger charge is 2.15. The van der Waals surface area contributed by atoms with Crippen LogP contribution in [0, 0.1) is 0 Å². The van der Waals surface area contributed by atoms with Gasteiger partial charge in [0.15, 0.2) is 0 Å². The molecule has 0 saturated carbocycles. The van der Waals surface area contributed by atoms with E-state index in [4.69, 9.17) is 16.6 Å². The average molecular weight is 617 g/mol. The van der Waals surface area contributed by atoms with Crippen molar-refractivity contribution in [2.24, 2.45) is 0 Å². The maximum atomic E-state index is 12.9. The van der Waals surface area contributed by atoms with E-state index in [0.29, 0.717) is 16.4 Å². The van der Waals surface area contributed by atoms with Crippen LogP contribution in [0.1, 0.15) is 42.1 Å². The highest BCUT2D eigenvalue weighted by molar-refractivity contribution is 7.84. The number of hydrogen-bond acceptors (Lipinski definition) is 5. The van der Waals surface area contributed by atoms with E-state index in [0.717, 1.165) is 72.5 Å². The van der Waals surface area contributed by atoms with Crippen LogP contribution in [-0.2, 0) is 23.8 Å². The molecule has 5 rings (SSSR count). The SMILES string of the molecule is CCCCCn1c(-c2ccc(C=O)cc2)cc(=O)n2cc(-c3ccc(Cl)cc3)nc12.CNCCc1ccc(S(C)=O)cc1. The molecule has 0 saturated heterocycles. The number of aldehydes is 1. The third-order valence-corrected chi connectivity index (χ3v) is 8.29. The molecule has 0 bridgehead atoms. The quantitative estimate of drug-likeness (QED) is 0.132. The first kappa shape index (κ1) is 32.1. The number of benzene rings is 3. The Kier molecular flexibility index (Phi) is 11.6. The van der Waals surface area contributed by atoms with Gasteiger partial charge in [0.25, 0.3) is 5.56 Å². The Hall–Kier alpha value is -3.85. The smallest absolute Gasteiger partial charge is 0.259 e. The number of aromatic nitrogens is 3. The lowest BCUT2D eigenvalue weighted by Gasteiger charge is -2.15. The van der Waals surface area contributed by atoms with E-state index in [9.17, 15) is 13.8 Å². The monoisotopic (exact) mass is 616 g/mol. The molecule has 0 amide bonds. The summed E-state index contributed by atoms with van der Waals surface area (Å²) in [5, 5.41) is 3.75. The van der Waals surface area contributed by atoms with E-state index in [2.05, 4.69) is 16.8 Å². The van der Waals surface area contributed by atoms with Crippen LogP contribution in [-0.4, -0.2) is 44.3 Å². The maximum Gasteiger partial charge on any atom is 0.259 e. The van der Waals surface area contributed by atoms with Gasteiger partial charge in [-0.05, 0) is 61.8 Å². The second-order valence-corrected chi connectivity index (χ2v) is 12.0. The summed E-state index contributed by atoms with van der Waals surface area (Å²) in [5.74, 6) is 0.609. The van der Waals surface area contributed by atoms with Gasteiger partial charge in [0.2, 0.25) is 5.78 Å². The third kappa shape index (κ3) is 8.38. The lowest BCUT2D eigenvalue weighted by Crippen LogP contribution is -2.18. The topological polar surface area (TPSA) is 85.5 Å². The van der Waals surface area contributed by atoms with Crippen LogP contribution in [0.15, 0.2) is 94.7 Å². The molecule has 0 aliphatic heterocycles. The lowest BCUT2D eigenvalue weighted by molar-refractivity contribution is 0.112. The molecule has 2 heterocycles. The summed E-state index contributed by atoms with van der Waals surface area (Å²) in [5.41, 5.74) is 5.05. The minimum absolute atomic E-state index is 0.140. The largest absolute Gasteiger partial charge is 0.319 e. The van der Waals surface area contributed by atoms with Crippen molar-refractivity contribution in [2.45, 2.75) is 44.0 Å². The zero-order valence-corrected chi connectivity index (χ0v) is 26.3. The first-order chi connectivity index (χ1) is 20.8. The zero-order chi connectivity index (χ0) is 30.8. The van der Waals surface area contributed by atoms with Crippen molar-refractivity contribution in [3.05, 3.63) is 112 Å². The number of imidazole rings is 1. The Morgan fingerprint density at radius 2 is 1.63 bits per heavy atom. The molecule has 0 fully saturated rings. The number of likely N-dealkylation sites (N-methyl/N-ethyl adjacent to an activating group) is 1. The number of hydrogen-bond donors (Lipinski definition) is 1. The fraction of sp³-hybridized carbons (Fsp3) is 0.265. The van der Waals surface area contributed by atoms with E-state index < -0.39 is 10.8 Å². The Morgan fingerprint density at radius 1 is 0.953 bits per heavy atom. The lowest BCUT2D eigenvalue weighted by atomic mass is 10.1. The van der Waals surface area contributed by atoms with Crippen LogP contribution in [0.4, 0.5) is 0 Å². The number of nitrogens with zero attached hydrogens (tertiary/aromatic N) is 3. The molecule has 1 N–H and O–H groups in total. The Bertz CT molecular complexity index is 1730. The molecule has 224 valence electrons. The van der Waals surface area contributed by atoms with E-state index in [-0.39, 0.29) is 5.56 Å². The number of rotatable bonds is 11. The highest BCUT2D eigenvalue weighted by atomic mass is 35.5. The van der Waals surface area contributed by atoms with Crippen LogP contribution in [0.25, 0.3) is 28.3 Å². The van der Waals surface area contributed by atoms with E-state index in [1.165, 1.54) is 5.56 Å². The standard InChI is InChI=1S/C24H22ClN3O2.C10H15NOS/c1-2-3-4-13-27-22(19-7-5-17(16-29)6-8-19)14-23(30)28-15-21(26-24(27)28)18-9-11-20(25)12-10-18;1-11-8-7-9-3-5-10(6-4-9)13(2)12/h5-12,14-16H,2-4,13H2,1H3;3-6,11H,7-8H2,1-2H3. The van der Waals surface area contributed by atoms with Gasteiger partial charge in [-0.25, -0.2) is 4.98 Å². The molecule has 5 aromatic rings. The van der Waals surface area contributed by atoms with Gasteiger partial charge in [0.1, 0.15) is 6.29 Å². The molecule has 0 radical (unpaired) electrons. The highest BCUT2D eigenvalue weighted by Crippen LogP contribution is 2.25. The number of carbonyl (C=O) groups excluding carboxylic acids is 1. The van der Waals surface area contributed by atoms with Gasteiger partial charge >= 0.3 is 0 Å². The molecule has 3 aromatic carbocycles. The molecule has 9 heteroatoms. The van der Waals surface area contributed by atoms with Crippen molar-refractivity contribution in [2.75, 3.05) is 19.8 Å². The first-order valence-electron chi connectivity index (χ1n) is 14.4. The van der Waals surface area contributed by atoms with Gasteiger partial charge in [-0.1, -0.05) is 79.9 Å². The third-order valence-electron chi connectivity index (χ3n) is 7.10. The number of carbonyl (C=O) groups is 1. The van der Waals surface area contributed by atoms with E-state index >= 15 is 0 Å². The maximum absolute atomic E-state index is 12.9. The van der Waals surface area contributed by atoms with Gasteiger partial charge in [0, 0.05) is 56.9 Å². The molecule has 0 aliphatic carbocycles. The average Bonchev–Trinajstić information content (AvgIpc) is 3.48. The molecular formula is C34H37ClN4O3S. The summed E-state index contributed by atoms with van der Waals surface area (Å²) in [6.07, 6.45) is 8.48. The summed E-state index contributed by atoms with van der Waals surface area (Å²) < 4.78 is 14.8. The molecule has 2 aromatic heterocycles. The molecule has 1 atom stereocenters.